The summed E-state index contributed by atoms with van der Waals surface area (Å²) in [6.07, 6.45) is 8.84. The third-order valence-electron chi connectivity index (χ3n) is 5.36. The van der Waals surface area contributed by atoms with Gasteiger partial charge in [-0.05, 0) is 31.0 Å². The molecule has 0 fully saturated rings. The molecule has 0 aliphatic heterocycles. The fourth-order valence-electron chi connectivity index (χ4n) is 3.65. The zero-order chi connectivity index (χ0) is 21.5. The van der Waals surface area contributed by atoms with Crippen LogP contribution in [-0.4, -0.2) is 26.4 Å². The molecule has 0 saturated heterocycles. The SMILES string of the molecule is CCCCCCNC(=O)c1cc2c(=O)n3ccccc3nc2n(CCCCC)c1=N. The number of aryl methyl sites for hydroxylation is 1. The second kappa shape index (κ2) is 10.2. The zero-order valence-electron chi connectivity index (χ0n) is 17.9. The topological polar surface area (TPSA) is 92.2 Å². The summed E-state index contributed by atoms with van der Waals surface area (Å²) >= 11 is 0. The minimum Gasteiger partial charge on any atom is -0.352 e. The van der Waals surface area contributed by atoms with Gasteiger partial charge < -0.3 is 9.88 Å². The van der Waals surface area contributed by atoms with Gasteiger partial charge in [-0.2, -0.15) is 0 Å². The van der Waals surface area contributed by atoms with E-state index in [1.54, 1.807) is 22.9 Å². The number of unbranched alkanes of at least 4 members (excludes halogenated alkanes) is 5. The van der Waals surface area contributed by atoms with Gasteiger partial charge in [0.1, 0.15) is 16.8 Å². The molecule has 0 spiro atoms. The van der Waals surface area contributed by atoms with Gasteiger partial charge in [-0.3, -0.25) is 19.4 Å². The van der Waals surface area contributed by atoms with Crippen molar-refractivity contribution in [2.24, 2.45) is 0 Å². The number of carbonyl (C=O) groups is 1. The first-order valence-electron chi connectivity index (χ1n) is 11.0. The molecule has 2 N–H and O–H groups in total. The molecule has 7 heteroatoms. The molecule has 0 saturated carbocycles. The molecule has 0 aliphatic carbocycles. The standard InChI is InChI=1S/C23H31N5O2/c1-3-5-7-9-13-25-22(29)17-16-18-21(28(20(17)24)15-10-6-4-2)26-19-12-8-11-14-27(19)23(18)30/h8,11-12,14,16,24H,3-7,9-10,13,15H2,1-2H3,(H,25,29). The highest BCUT2D eigenvalue weighted by molar-refractivity contribution is 5.96. The molecular weight excluding hydrogens is 378 g/mol. The van der Waals surface area contributed by atoms with Crippen LogP contribution in [0.4, 0.5) is 0 Å². The highest BCUT2D eigenvalue weighted by atomic mass is 16.1. The lowest BCUT2D eigenvalue weighted by Gasteiger charge is -2.14. The van der Waals surface area contributed by atoms with Crippen molar-refractivity contribution in [3.8, 4) is 0 Å². The van der Waals surface area contributed by atoms with Gasteiger partial charge in [-0.25, -0.2) is 4.98 Å². The summed E-state index contributed by atoms with van der Waals surface area (Å²) in [5.41, 5.74) is 1.11. The molecule has 0 bridgehead atoms. The molecule has 160 valence electrons. The molecular formula is C23H31N5O2. The van der Waals surface area contributed by atoms with Gasteiger partial charge in [-0.15, -0.1) is 0 Å². The predicted molar refractivity (Wildman–Crippen MR) is 119 cm³/mol. The summed E-state index contributed by atoms with van der Waals surface area (Å²) in [5, 5.41) is 11.9. The maximum absolute atomic E-state index is 13.1. The first-order chi connectivity index (χ1) is 14.6. The molecule has 0 unspecified atom stereocenters. The van der Waals surface area contributed by atoms with Crippen molar-refractivity contribution in [2.75, 3.05) is 6.54 Å². The van der Waals surface area contributed by atoms with E-state index in [2.05, 4.69) is 24.1 Å². The predicted octanol–water partition coefficient (Wildman–Crippen LogP) is 3.63. The van der Waals surface area contributed by atoms with Crippen molar-refractivity contribution in [3.63, 3.8) is 0 Å². The number of nitrogens with one attached hydrogen (secondary N) is 2. The zero-order valence-corrected chi connectivity index (χ0v) is 17.9. The van der Waals surface area contributed by atoms with Crippen LogP contribution < -0.4 is 16.4 Å². The van der Waals surface area contributed by atoms with Gasteiger partial charge in [0.15, 0.2) is 0 Å². The third kappa shape index (κ3) is 4.61. The Balaban J connectivity index is 2.06. The lowest BCUT2D eigenvalue weighted by atomic mass is 10.1. The van der Waals surface area contributed by atoms with Crippen LogP contribution in [0, 0.1) is 5.41 Å². The first kappa shape index (κ1) is 21.7. The van der Waals surface area contributed by atoms with Gasteiger partial charge in [0.25, 0.3) is 11.5 Å². The number of carbonyl (C=O) groups excluding carboxylic acids is 1. The quantitative estimate of drug-likeness (QED) is 0.396. The molecule has 30 heavy (non-hydrogen) atoms. The van der Waals surface area contributed by atoms with Crippen LogP contribution in [0.15, 0.2) is 35.3 Å². The van der Waals surface area contributed by atoms with E-state index in [1.165, 1.54) is 10.5 Å². The van der Waals surface area contributed by atoms with Gasteiger partial charge in [0.05, 0.1) is 10.9 Å². The molecule has 1 amide bonds. The van der Waals surface area contributed by atoms with Crippen molar-refractivity contribution in [3.05, 3.63) is 51.9 Å². The van der Waals surface area contributed by atoms with E-state index < -0.39 is 0 Å². The van der Waals surface area contributed by atoms with Gasteiger partial charge in [0, 0.05) is 19.3 Å². The van der Waals surface area contributed by atoms with E-state index in [0.29, 0.717) is 29.8 Å². The van der Waals surface area contributed by atoms with E-state index in [0.717, 1.165) is 44.9 Å². The Morgan fingerprint density at radius 3 is 2.63 bits per heavy atom. The lowest BCUT2D eigenvalue weighted by Crippen LogP contribution is -2.35. The van der Waals surface area contributed by atoms with Gasteiger partial charge in [0.2, 0.25) is 0 Å². The monoisotopic (exact) mass is 409 g/mol. The van der Waals surface area contributed by atoms with Crippen LogP contribution in [0.25, 0.3) is 16.7 Å². The fraction of sp³-hybridized carbons (Fsp3) is 0.478. The van der Waals surface area contributed by atoms with Gasteiger partial charge in [-0.1, -0.05) is 52.0 Å². The molecule has 3 heterocycles. The van der Waals surface area contributed by atoms with Crippen LogP contribution in [0.3, 0.4) is 0 Å². The summed E-state index contributed by atoms with van der Waals surface area (Å²) in [5.74, 6) is -0.305. The molecule has 3 rings (SSSR count). The Morgan fingerprint density at radius 1 is 1.10 bits per heavy atom. The molecule has 0 aliphatic rings. The van der Waals surface area contributed by atoms with E-state index in [-0.39, 0.29) is 22.5 Å². The number of aromatic nitrogens is 3. The Hall–Kier alpha value is -2.96. The summed E-state index contributed by atoms with van der Waals surface area (Å²) in [7, 11) is 0. The number of pyridine rings is 2. The smallest absolute Gasteiger partial charge is 0.267 e. The average molecular weight is 410 g/mol. The van der Waals surface area contributed by atoms with E-state index in [9.17, 15) is 9.59 Å². The number of rotatable bonds is 10. The van der Waals surface area contributed by atoms with Crippen molar-refractivity contribution in [2.45, 2.75) is 65.3 Å². The van der Waals surface area contributed by atoms with E-state index >= 15 is 0 Å². The number of hydrogen-bond donors (Lipinski definition) is 2. The average Bonchev–Trinajstić information content (AvgIpc) is 2.75. The van der Waals surface area contributed by atoms with E-state index in [1.807, 2.05) is 6.07 Å². The van der Waals surface area contributed by atoms with Crippen molar-refractivity contribution >= 4 is 22.6 Å². The fourth-order valence-corrected chi connectivity index (χ4v) is 3.65. The van der Waals surface area contributed by atoms with Crippen LogP contribution in [0.5, 0.6) is 0 Å². The second-order valence-electron chi connectivity index (χ2n) is 7.67. The maximum atomic E-state index is 13.1. The number of amides is 1. The molecule has 3 aromatic heterocycles. The molecule has 7 nitrogen and oxygen atoms in total. The molecule has 3 aromatic rings. The minimum atomic E-state index is -0.305. The Labute approximate surface area is 176 Å². The summed E-state index contributed by atoms with van der Waals surface area (Å²) in [4.78, 5) is 30.6. The first-order valence-corrected chi connectivity index (χ1v) is 11.0. The maximum Gasteiger partial charge on any atom is 0.267 e. The van der Waals surface area contributed by atoms with Crippen molar-refractivity contribution in [1.82, 2.24) is 19.3 Å². The minimum absolute atomic E-state index is 0.108. The van der Waals surface area contributed by atoms with Crippen LogP contribution in [-0.2, 0) is 6.54 Å². The number of fused-ring (bicyclic) bond motifs is 2. The van der Waals surface area contributed by atoms with Crippen LogP contribution in [0.1, 0.15) is 69.2 Å². The summed E-state index contributed by atoms with van der Waals surface area (Å²) in [6.45, 7) is 5.38. The van der Waals surface area contributed by atoms with Crippen molar-refractivity contribution < 1.29 is 4.79 Å². The molecule has 0 radical (unpaired) electrons. The summed E-state index contributed by atoms with van der Waals surface area (Å²) < 4.78 is 3.19. The largest absolute Gasteiger partial charge is 0.352 e. The summed E-state index contributed by atoms with van der Waals surface area (Å²) in [6, 6.07) is 6.92. The Kier molecular flexibility index (Phi) is 7.38. The lowest BCUT2D eigenvalue weighted by molar-refractivity contribution is 0.0950. The molecule has 0 aromatic carbocycles. The number of nitrogens with zero attached hydrogens (tertiary/aromatic N) is 3. The van der Waals surface area contributed by atoms with E-state index in [4.69, 9.17) is 5.41 Å². The van der Waals surface area contributed by atoms with Crippen LogP contribution in [0.2, 0.25) is 0 Å². The second-order valence-corrected chi connectivity index (χ2v) is 7.67. The highest BCUT2D eigenvalue weighted by Crippen LogP contribution is 2.12. The normalized spacial score (nSPS) is 11.3. The van der Waals surface area contributed by atoms with Crippen molar-refractivity contribution in [1.29, 1.82) is 5.41 Å². The Morgan fingerprint density at radius 2 is 1.87 bits per heavy atom. The van der Waals surface area contributed by atoms with Gasteiger partial charge >= 0.3 is 0 Å². The Bertz CT molecular complexity index is 1150. The van der Waals surface area contributed by atoms with Crippen LogP contribution >= 0.6 is 0 Å². The highest BCUT2D eigenvalue weighted by Gasteiger charge is 2.17. The third-order valence-corrected chi connectivity index (χ3v) is 5.36. The molecule has 0 atom stereocenters. The number of hydrogen-bond acceptors (Lipinski definition) is 4.